The monoisotopic (exact) mass is 355 g/mol. The molecule has 0 aliphatic carbocycles. The van der Waals surface area contributed by atoms with Crippen molar-refractivity contribution in [2.24, 2.45) is 0 Å². The number of urea groups is 1. The maximum Gasteiger partial charge on any atom is 0.322 e. The maximum absolute atomic E-state index is 13.0. The Morgan fingerprint density at radius 3 is 2.69 bits per heavy atom. The minimum atomic E-state index is -0.598. The number of para-hydroxylation sites is 2. The third kappa shape index (κ3) is 2.85. The zero-order valence-corrected chi connectivity index (χ0v) is 14.2. The van der Waals surface area contributed by atoms with E-state index < -0.39 is 12.1 Å². The zero-order chi connectivity index (χ0) is 18.3. The molecule has 1 fully saturated rings. The number of halogens is 1. The van der Waals surface area contributed by atoms with Crippen LogP contribution >= 0.6 is 0 Å². The van der Waals surface area contributed by atoms with Gasteiger partial charge in [0.15, 0.2) is 0 Å². The number of carbonyl (C=O) groups excluding carboxylic acids is 2. The molecule has 1 saturated heterocycles. The second-order valence-corrected chi connectivity index (χ2v) is 6.45. The van der Waals surface area contributed by atoms with Crippen LogP contribution in [0.1, 0.15) is 6.42 Å². The molecular formula is C19H18FN3O3. The van der Waals surface area contributed by atoms with Crippen LogP contribution in [-0.2, 0) is 4.79 Å². The minimum absolute atomic E-state index is 0.155. The van der Waals surface area contributed by atoms with Gasteiger partial charge < -0.3 is 19.9 Å². The van der Waals surface area contributed by atoms with Gasteiger partial charge in [0.05, 0.1) is 12.2 Å². The number of anilines is 2. The molecule has 0 spiro atoms. The minimum Gasteiger partial charge on any atom is -0.486 e. The second-order valence-electron chi connectivity index (χ2n) is 6.45. The first-order chi connectivity index (χ1) is 12.5. The van der Waals surface area contributed by atoms with Gasteiger partial charge in [0.1, 0.15) is 23.7 Å². The van der Waals surface area contributed by atoms with Gasteiger partial charge in [-0.15, -0.1) is 0 Å². The Labute approximate surface area is 150 Å². The Morgan fingerprint density at radius 1 is 1.19 bits per heavy atom. The summed E-state index contributed by atoms with van der Waals surface area (Å²) in [5.74, 6) is 0.0982. The molecule has 2 aromatic rings. The predicted octanol–water partition coefficient (Wildman–Crippen LogP) is 2.86. The lowest BCUT2D eigenvalue weighted by molar-refractivity contribution is -0.121. The smallest absolute Gasteiger partial charge is 0.322 e. The standard InChI is InChI=1S/C19H18FN3O3/c1-22-15-4-2-3-5-17(15)26-14-10-16(18(22)24)23(11-14)19(25)21-13-8-6-12(20)7-9-13/h2-9,14,16H,10-11H2,1H3,(H,21,25). The molecule has 0 saturated carbocycles. The summed E-state index contributed by atoms with van der Waals surface area (Å²) in [6, 6.07) is 11.8. The molecule has 2 atom stereocenters. The van der Waals surface area contributed by atoms with Crippen molar-refractivity contribution in [3.63, 3.8) is 0 Å². The zero-order valence-electron chi connectivity index (χ0n) is 14.2. The molecule has 26 heavy (non-hydrogen) atoms. The lowest BCUT2D eigenvalue weighted by atomic mass is 10.1. The van der Waals surface area contributed by atoms with E-state index in [4.69, 9.17) is 4.74 Å². The van der Waals surface area contributed by atoms with E-state index in [9.17, 15) is 14.0 Å². The maximum atomic E-state index is 13.0. The van der Waals surface area contributed by atoms with E-state index in [2.05, 4.69) is 5.32 Å². The summed E-state index contributed by atoms with van der Waals surface area (Å²) in [4.78, 5) is 28.6. The highest BCUT2D eigenvalue weighted by Crippen LogP contribution is 2.35. The number of amides is 3. The number of nitrogens with zero attached hydrogens (tertiary/aromatic N) is 2. The van der Waals surface area contributed by atoms with Gasteiger partial charge in [-0.1, -0.05) is 12.1 Å². The lowest BCUT2D eigenvalue weighted by Gasteiger charge is -2.29. The fourth-order valence-electron chi connectivity index (χ4n) is 3.43. The van der Waals surface area contributed by atoms with E-state index in [0.717, 1.165) is 0 Å². The number of likely N-dealkylation sites (N-methyl/N-ethyl adjacent to an activating group) is 1. The highest BCUT2D eigenvalue weighted by molar-refractivity contribution is 6.02. The molecule has 2 aliphatic heterocycles. The molecule has 2 aliphatic rings. The van der Waals surface area contributed by atoms with Gasteiger partial charge in [0, 0.05) is 19.2 Å². The number of fused-ring (bicyclic) bond motifs is 3. The van der Waals surface area contributed by atoms with E-state index in [1.807, 2.05) is 24.3 Å². The summed E-state index contributed by atoms with van der Waals surface area (Å²) < 4.78 is 19.1. The first-order valence-corrected chi connectivity index (χ1v) is 8.39. The van der Waals surface area contributed by atoms with Gasteiger partial charge >= 0.3 is 6.03 Å². The van der Waals surface area contributed by atoms with Crippen LogP contribution in [0.4, 0.5) is 20.6 Å². The number of hydrogen-bond donors (Lipinski definition) is 1. The van der Waals surface area contributed by atoms with Gasteiger partial charge in [-0.25, -0.2) is 9.18 Å². The average molecular weight is 355 g/mol. The van der Waals surface area contributed by atoms with E-state index in [0.29, 0.717) is 30.1 Å². The summed E-state index contributed by atoms with van der Waals surface area (Å²) in [7, 11) is 1.68. The SMILES string of the molecule is CN1C(=O)C2CC(CN2C(=O)Nc2ccc(F)cc2)Oc2ccccc21. The first-order valence-electron chi connectivity index (χ1n) is 8.39. The lowest BCUT2D eigenvalue weighted by Crippen LogP contribution is -2.48. The van der Waals surface area contributed by atoms with Crippen molar-refractivity contribution < 1.29 is 18.7 Å². The fraction of sp³-hybridized carbons (Fsp3) is 0.263. The fourth-order valence-corrected chi connectivity index (χ4v) is 3.43. The Balaban J connectivity index is 1.58. The highest BCUT2D eigenvalue weighted by atomic mass is 19.1. The number of ether oxygens (including phenoxy) is 1. The van der Waals surface area contributed by atoms with Crippen molar-refractivity contribution in [2.75, 3.05) is 23.8 Å². The van der Waals surface area contributed by atoms with Crippen LogP contribution in [-0.4, -0.2) is 42.6 Å². The van der Waals surface area contributed by atoms with Gasteiger partial charge in [-0.2, -0.15) is 0 Å². The molecule has 4 rings (SSSR count). The number of hydrogen-bond acceptors (Lipinski definition) is 3. The quantitative estimate of drug-likeness (QED) is 0.856. The van der Waals surface area contributed by atoms with Crippen molar-refractivity contribution in [1.82, 2.24) is 4.90 Å². The van der Waals surface area contributed by atoms with Crippen LogP contribution in [0.25, 0.3) is 0 Å². The van der Waals surface area contributed by atoms with Crippen molar-refractivity contribution in [2.45, 2.75) is 18.6 Å². The van der Waals surface area contributed by atoms with E-state index in [1.165, 1.54) is 34.1 Å². The molecule has 6 nitrogen and oxygen atoms in total. The van der Waals surface area contributed by atoms with Crippen LogP contribution < -0.4 is 15.0 Å². The van der Waals surface area contributed by atoms with Crippen LogP contribution in [0.3, 0.4) is 0 Å². The summed E-state index contributed by atoms with van der Waals surface area (Å²) in [6.45, 7) is 0.311. The number of nitrogens with one attached hydrogen (secondary N) is 1. The Hall–Kier alpha value is -3.09. The van der Waals surface area contributed by atoms with E-state index in [-0.39, 0.29) is 17.8 Å². The molecule has 2 heterocycles. The van der Waals surface area contributed by atoms with Gasteiger partial charge in [-0.05, 0) is 36.4 Å². The molecular weight excluding hydrogens is 337 g/mol. The van der Waals surface area contributed by atoms with Crippen LogP contribution in [0.5, 0.6) is 5.75 Å². The van der Waals surface area contributed by atoms with Gasteiger partial charge in [0.2, 0.25) is 5.91 Å². The summed E-state index contributed by atoms with van der Waals surface area (Å²) in [5, 5.41) is 2.72. The van der Waals surface area contributed by atoms with Crippen molar-refractivity contribution in [3.05, 3.63) is 54.3 Å². The second kappa shape index (κ2) is 6.33. The third-order valence-corrected chi connectivity index (χ3v) is 4.75. The molecule has 1 N–H and O–H groups in total. The van der Waals surface area contributed by atoms with Crippen molar-refractivity contribution >= 4 is 23.3 Å². The average Bonchev–Trinajstić information content (AvgIpc) is 3.07. The van der Waals surface area contributed by atoms with Crippen LogP contribution in [0, 0.1) is 5.82 Å². The molecule has 7 heteroatoms. The number of carbonyl (C=O) groups is 2. The molecule has 2 aromatic carbocycles. The largest absolute Gasteiger partial charge is 0.486 e. The van der Waals surface area contributed by atoms with Crippen molar-refractivity contribution in [1.29, 1.82) is 0 Å². The third-order valence-electron chi connectivity index (χ3n) is 4.75. The van der Waals surface area contributed by atoms with E-state index in [1.54, 1.807) is 7.05 Å². The summed E-state index contributed by atoms with van der Waals surface area (Å²) in [5.41, 5.74) is 1.16. The van der Waals surface area contributed by atoms with Crippen molar-refractivity contribution in [3.8, 4) is 5.75 Å². The molecule has 2 unspecified atom stereocenters. The summed E-state index contributed by atoms with van der Waals surface area (Å²) in [6.07, 6.45) is 0.187. The number of benzene rings is 2. The van der Waals surface area contributed by atoms with Gasteiger partial charge in [0.25, 0.3) is 0 Å². The Kier molecular flexibility index (Phi) is 3.99. The molecule has 2 bridgehead atoms. The number of likely N-dealkylation sites (tertiary alicyclic amines) is 1. The van der Waals surface area contributed by atoms with Crippen LogP contribution in [0.2, 0.25) is 0 Å². The van der Waals surface area contributed by atoms with Gasteiger partial charge in [-0.3, -0.25) is 4.79 Å². The van der Waals surface area contributed by atoms with Crippen LogP contribution in [0.15, 0.2) is 48.5 Å². The highest BCUT2D eigenvalue weighted by Gasteiger charge is 2.44. The Morgan fingerprint density at radius 2 is 1.92 bits per heavy atom. The number of rotatable bonds is 1. The topological polar surface area (TPSA) is 61.9 Å². The summed E-state index contributed by atoms with van der Waals surface area (Å²) >= 11 is 0. The molecule has 0 aromatic heterocycles. The molecule has 134 valence electrons. The van der Waals surface area contributed by atoms with E-state index >= 15 is 0 Å². The first kappa shape index (κ1) is 16.4. The normalized spacial score (nSPS) is 21.5. The molecule has 3 amide bonds. The molecule has 0 radical (unpaired) electrons. The Bertz CT molecular complexity index is 855. The predicted molar refractivity (Wildman–Crippen MR) is 94.8 cm³/mol.